The second-order valence-electron chi connectivity index (χ2n) is 5.59. The SMILES string of the molecule is O=C(NCCc1ccc2c(c1)OCCO2)NC[C@H]1CCOC1. The van der Waals surface area contributed by atoms with E-state index < -0.39 is 0 Å². The number of amides is 2. The Hall–Kier alpha value is -1.95. The molecule has 1 aromatic rings. The van der Waals surface area contributed by atoms with E-state index in [0.717, 1.165) is 43.1 Å². The molecule has 2 N–H and O–H groups in total. The molecule has 0 spiro atoms. The van der Waals surface area contributed by atoms with Crippen molar-refractivity contribution in [3.63, 3.8) is 0 Å². The van der Waals surface area contributed by atoms with Crippen LogP contribution in [0.15, 0.2) is 18.2 Å². The maximum atomic E-state index is 11.7. The summed E-state index contributed by atoms with van der Waals surface area (Å²) in [7, 11) is 0. The van der Waals surface area contributed by atoms with E-state index in [1.807, 2.05) is 18.2 Å². The molecule has 1 saturated heterocycles. The van der Waals surface area contributed by atoms with Crippen LogP contribution < -0.4 is 20.1 Å². The summed E-state index contributed by atoms with van der Waals surface area (Å²) in [6, 6.07) is 5.78. The van der Waals surface area contributed by atoms with Crippen molar-refractivity contribution in [3.8, 4) is 11.5 Å². The number of fused-ring (bicyclic) bond motifs is 1. The zero-order chi connectivity index (χ0) is 15.2. The Bertz CT molecular complexity index is 515. The summed E-state index contributed by atoms with van der Waals surface area (Å²) in [6.07, 6.45) is 1.79. The second-order valence-corrected chi connectivity index (χ2v) is 5.59. The number of rotatable bonds is 5. The molecule has 22 heavy (non-hydrogen) atoms. The van der Waals surface area contributed by atoms with Gasteiger partial charge in [-0.15, -0.1) is 0 Å². The van der Waals surface area contributed by atoms with Crippen molar-refractivity contribution in [2.45, 2.75) is 12.8 Å². The van der Waals surface area contributed by atoms with Crippen LogP contribution in [-0.2, 0) is 11.2 Å². The molecule has 3 rings (SSSR count). The fourth-order valence-corrected chi connectivity index (χ4v) is 2.61. The molecule has 2 aliphatic heterocycles. The van der Waals surface area contributed by atoms with Crippen LogP contribution in [0.25, 0.3) is 0 Å². The van der Waals surface area contributed by atoms with E-state index in [-0.39, 0.29) is 6.03 Å². The minimum absolute atomic E-state index is 0.121. The molecule has 0 aliphatic carbocycles. The third-order valence-corrected chi connectivity index (χ3v) is 3.88. The fraction of sp³-hybridized carbons (Fsp3) is 0.562. The van der Waals surface area contributed by atoms with Crippen LogP contribution in [0.2, 0.25) is 0 Å². The molecule has 6 nitrogen and oxygen atoms in total. The molecule has 0 saturated carbocycles. The van der Waals surface area contributed by atoms with Gasteiger partial charge in [-0.2, -0.15) is 0 Å². The lowest BCUT2D eigenvalue weighted by molar-refractivity contribution is 0.171. The Morgan fingerprint density at radius 1 is 1.14 bits per heavy atom. The quantitative estimate of drug-likeness (QED) is 0.861. The minimum Gasteiger partial charge on any atom is -0.486 e. The van der Waals surface area contributed by atoms with Crippen molar-refractivity contribution in [1.29, 1.82) is 0 Å². The van der Waals surface area contributed by atoms with Gasteiger partial charge >= 0.3 is 6.03 Å². The van der Waals surface area contributed by atoms with Crippen LogP contribution in [-0.4, -0.2) is 45.5 Å². The van der Waals surface area contributed by atoms with Gasteiger partial charge in [-0.05, 0) is 30.5 Å². The van der Waals surface area contributed by atoms with Gasteiger partial charge in [0, 0.05) is 25.6 Å². The molecule has 2 aliphatic rings. The predicted octanol–water partition coefficient (Wildman–Crippen LogP) is 1.34. The standard InChI is InChI=1S/C16H22N2O4/c19-16(18-10-13-4-6-20-11-13)17-5-3-12-1-2-14-15(9-12)22-8-7-21-14/h1-2,9,13H,3-8,10-11H2,(H2,17,18,19)/t13-/m1/s1. The molecule has 1 atom stereocenters. The third kappa shape index (κ3) is 4.04. The molecule has 1 fully saturated rings. The van der Waals surface area contributed by atoms with E-state index in [2.05, 4.69) is 10.6 Å². The summed E-state index contributed by atoms with van der Waals surface area (Å²) < 4.78 is 16.3. The molecule has 0 aromatic heterocycles. The van der Waals surface area contributed by atoms with Gasteiger partial charge in [0.2, 0.25) is 0 Å². The van der Waals surface area contributed by atoms with Crippen LogP contribution in [0.4, 0.5) is 4.79 Å². The zero-order valence-electron chi connectivity index (χ0n) is 12.6. The largest absolute Gasteiger partial charge is 0.486 e. The van der Waals surface area contributed by atoms with Gasteiger partial charge < -0.3 is 24.8 Å². The van der Waals surface area contributed by atoms with Gasteiger partial charge in [0.25, 0.3) is 0 Å². The summed E-state index contributed by atoms with van der Waals surface area (Å²) >= 11 is 0. The summed E-state index contributed by atoms with van der Waals surface area (Å²) in [5, 5.41) is 5.76. The van der Waals surface area contributed by atoms with Gasteiger partial charge in [0.15, 0.2) is 11.5 Å². The van der Waals surface area contributed by atoms with E-state index in [0.29, 0.717) is 32.2 Å². The molecule has 6 heteroatoms. The van der Waals surface area contributed by atoms with Gasteiger partial charge in [0.05, 0.1) is 6.61 Å². The predicted molar refractivity (Wildman–Crippen MR) is 81.5 cm³/mol. The number of carbonyl (C=O) groups is 1. The van der Waals surface area contributed by atoms with Crippen molar-refractivity contribution >= 4 is 6.03 Å². The van der Waals surface area contributed by atoms with Crippen LogP contribution in [0.3, 0.4) is 0 Å². The number of ether oxygens (including phenoxy) is 3. The molecule has 2 amide bonds. The average molecular weight is 306 g/mol. The topological polar surface area (TPSA) is 68.8 Å². The number of benzene rings is 1. The summed E-state index contributed by atoms with van der Waals surface area (Å²) in [6.45, 7) is 4.00. The molecule has 2 heterocycles. The first-order valence-electron chi connectivity index (χ1n) is 7.79. The Balaban J connectivity index is 1.38. The smallest absolute Gasteiger partial charge is 0.314 e. The maximum Gasteiger partial charge on any atom is 0.314 e. The molecule has 1 aromatic carbocycles. The number of hydrogen-bond acceptors (Lipinski definition) is 4. The van der Waals surface area contributed by atoms with Crippen molar-refractivity contribution in [2.75, 3.05) is 39.5 Å². The highest BCUT2D eigenvalue weighted by Crippen LogP contribution is 2.30. The van der Waals surface area contributed by atoms with E-state index >= 15 is 0 Å². The molecular weight excluding hydrogens is 284 g/mol. The van der Waals surface area contributed by atoms with Gasteiger partial charge in [-0.25, -0.2) is 4.79 Å². The second kappa shape index (κ2) is 7.35. The van der Waals surface area contributed by atoms with E-state index in [4.69, 9.17) is 14.2 Å². The summed E-state index contributed by atoms with van der Waals surface area (Å²) in [5.41, 5.74) is 1.12. The number of hydrogen-bond donors (Lipinski definition) is 2. The Morgan fingerprint density at radius 2 is 2.00 bits per heavy atom. The zero-order valence-corrected chi connectivity index (χ0v) is 12.6. The molecule has 120 valence electrons. The molecule has 0 unspecified atom stereocenters. The lowest BCUT2D eigenvalue weighted by atomic mass is 10.1. The normalized spacial score (nSPS) is 19.7. The third-order valence-electron chi connectivity index (χ3n) is 3.88. The van der Waals surface area contributed by atoms with E-state index in [1.54, 1.807) is 0 Å². The summed E-state index contributed by atoms with van der Waals surface area (Å²) in [4.78, 5) is 11.7. The lowest BCUT2D eigenvalue weighted by Gasteiger charge is -2.19. The fourth-order valence-electron chi connectivity index (χ4n) is 2.61. The molecule has 0 bridgehead atoms. The first kappa shape index (κ1) is 15.0. The van der Waals surface area contributed by atoms with E-state index in [1.165, 1.54) is 0 Å². The van der Waals surface area contributed by atoms with Crippen LogP contribution >= 0.6 is 0 Å². The monoisotopic (exact) mass is 306 g/mol. The van der Waals surface area contributed by atoms with Crippen molar-refractivity contribution in [2.24, 2.45) is 5.92 Å². The molecular formula is C16H22N2O4. The van der Waals surface area contributed by atoms with Crippen LogP contribution in [0, 0.1) is 5.92 Å². The first-order valence-corrected chi connectivity index (χ1v) is 7.79. The lowest BCUT2D eigenvalue weighted by Crippen LogP contribution is -2.39. The minimum atomic E-state index is -0.121. The van der Waals surface area contributed by atoms with Gasteiger partial charge in [0.1, 0.15) is 13.2 Å². The number of nitrogens with one attached hydrogen (secondary N) is 2. The average Bonchev–Trinajstić information content (AvgIpc) is 3.06. The van der Waals surface area contributed by atoms with Gasteiger partial charge in [-0.1, -0.05) is 6.07 Å². The summed E-state index contributed by atoms with van der Waals surface area (Å²) in [5.74, 6) is 2.03. The maximum absolute atomic E-state index is 11.7. The van der Waals surface area contributed by atoms with Crippen molar-refractivity contribution in [1.82, 2.24) is 10.6 Å². The highest BCUT2D eigenvalue weighted by Gasteiger charge is 2.16. The molecule has 0 radical (unpaired) electrons. The van der Waals surface area contributed by atoms with Crippen LogP contribution in [0.5, 0.6) is 11.5 Å². The Kier molecular flexibility index (Phi) is 5.00. The van der Waals surface area contributed by atoms with Crippen molar-refractivity contribution < 1.29 is 19.0 Å². The van der Waals surface area contributed by atoms with Crippen LogP contribution in [0.1, 0.15) is 12.0 Å². The number of carbonyl (C=O) groups excluding carboxylic acids is 1. The van der Waals surface area contributed by atoms with Gasteiger partial charge in [-0.3, -0.25) is 0 Å². The Labute approximate surface area is 130 Å². The van der Waals surface area contributed by atoms with E-state index in [9.17, 15) is 4.79 Å². The highest BCUT2D eigenvalue weighted by atomic mass is 16.6. The Morgan fingerprint density at radius 3 is 2.82 bits per heavy atom. The number of urea groups is 1. The van der Waals surface area contributed by atoms with Crippen molar-refractivity contribution in [3.05, 3.63) is 23.8 Å². The highest BCUT2D eigenvalue weighted by molar-refractivity contribution is 5.73. The first-order chi connectivity index (χ1) is 10.8.